The van der Waals surface area contributed by atoms with Crippen LogP contribution in [0.5, 0.6) is 0 Å². The van der Waals surface area contributed by atoms with Crippen molar-refractivity contribution in [2.75, 3.05) is 5.32 Å². The first-order valence-electron chi connectivity index (χ1n) is 10.3. The molecule has 0 radical (unpaired) electrons. The van der Waals surface area contributed by atoms with Crippen molar-refractivity contribution in [1.82, 2.24) is 9.78 Å². The van der Waals surface area contributed by atoms with Crippen molar-refractivity contribution in [2.45, 2.75) is 6.92 Å². The van der Waals surface area contributed by atoms with Gasteiger partial charge in [-0.2, -0.15) is 5.10 Å². The Kier molecular flexibility index (Phi) is 5.21. The van der Waals surface area contributed by atoms with Gasteiger partial charge in [-0.3, -0.25) is 4.79 Å². The molecule has 0 fully saturated rings. The lowest BCUT2D eigenvalue weighted by Gasteiger charge is -2.10. The summed E-state index contributed by atoms with van der Waals surface area (Å²) in [7, 11) is 0. The van der Waals surface area contributed by atoms with E-state index in [0.29, 0.717) is 16.4 Å². The number of carbonyl (C=O) groups excluding carboxylic acids is 1. The van der Waals surface area contributed by atoms with Crippen LogP contribution in [0.2, 0.25) is 5.02 Å². The highest BCUT2D eigenvalue weighted by atomic mass is 35.5. The lowest BCUT2D eigenvalue weighted by molar-refractivity contribution is 0.102. The van der Waals surface area contributed by atoms with Gasteiger partial charge in [0.15, 0.2) is 5.69 Å². The van der Waals surface area contributed by atoms with Gasteiger partial charge in [-0.1, -0.05) is 72.3 Å². The number of rotatable bonds is 4. The maximum absolute atomic E-state index is 13.1. The van der Waals surface area contributed by atoms with Crippen LogP contribution in [0.15, 0.2) is 97.1 Å². The fourth-order valence-electron chi connectivity index (χ4n) is 3.85. The molecule has 5 heteroatoms. The van der Waals surface area contributed by atoms with E-state index < -0.39 is 0 Å². The number of nitrogens with one attached hydrogen (secondary N) is 1. The molecule has 0 atom stereocenters. The van der Waals surface area contributed by atoms with Gasteiger partial charge >= 0.3 is 0 Å². The number of amides is 1. The SMILES string of the molecule is Cc1cccc(-n2nc(C(=O)Nc3cccc(Cl)c3)cc2-c2cccc3ccccc23)c1. The summed E-state index contributed by atoms with van der Waals surface area (Å²) in [5, 5.41) is 10.4. The molecule has 4 nitrogen and oxygen atoms in total. The maximum Gasteiger partial charge on any atom is 0.276 e. The first-order valence-corrected chi connectivity index (χ1v) is 10.7. The normalized spacial score (nSPS) is 10.9. The number of aromatic nitrogens is 2. The molecule has 32 heavy (non-hydrogen) atoms. The molecule has 0 spiro atoms. The minimum absolute atomic E-state index is 0.292. The van der Waals surface area contributed by atoms with Crippen LogP contribution in [0.3, 0.4) is 0 Å². The molecule has 0 bridgehead atoms. The van der Waals surface area contributed by atoms with Crippen molar-refractivity contribution in [3.05, 3.63) is 113 Å². The molecule has 5 rings (SSSR count). The largest absolute Gasteiger partial charge is 0.321 e. The molecule has 1 heterocycles. The number of benzene rings is 4. The molecule has 0 aliphatic carbocycles. The third-order valence-electron chi connectivity index (χ3n) is 5.34. The van der Waals surface area contributed by atoms with Gasteiger partial charge in [-0.15, -0.1) is 0 Å². The summed E-state index contributed by atoms with van der Waals surface area (Å²) < 4.78 is 1.83. The highest BCUT2D eigenvalue weighted by Crippen LogP contribution is 2.31. The van der Waals surface area contributed by atoms with E-state index in [2.05, 4.69) is 35.6 Å². The van der Waals surface area contributed by atoms with Crippen LogP contribution in [0.1, 0.15) is 16.1 Å². The minimum atomic E-state index is -0.292. The number of anilines is 1. The quantitative estimate of drug-likeness (QED) is 0.332. The molecule has 0 aliphatic rings. The molecule has 0 saturated carbocycles. The van der Waals surface area contributed by atoms with Crippen LogP contribution in [0, 0.1) is 6.92 Å². The van der Waals surface area contributed by atoms with Crippen molar-refractivity contribution in [2.24, 2.45) is 0 Å². The third kappa shape index (κ3) is 3.88. The third-order valence-corrected chi connectivity index (χ3v) is 5.57. The molecule has 1 amide bonds. The van der Waals surface area contributed by atoms with Crippen molar-refractivity contribution in [1.29, 1.82) is 0 Å². The fourth-order valence-corrected chi connectivity index (χ4v) is 4.04. The molecule has 1 N–H and O–H groups in total. The topological polar surface area (TPSA) is 46.9 Å². The molecule has 0 saturated heterocycles. The second-order valence-electron chi connectivity index (χ2n) is 7.66. The number of carbonyl (C=O) groups is 1. The summed E-state index contributed by atoms with van der Waals surface area (Å²) in [4.78, 5) is 13.1. The first kappa shape index (κ1) is 20.0. The zero-order valence-electron chi connectivity index (χ0n) is 17.4. The summed E-state index contributed by atoms with van der Waals surface area (Å²) in [5.74, 6) is -0.292. The summed E-state index contributed by atoms with van der Waals surface area (Å²) in [6.45, 7) is 2.04. The Morgan fingerprint density at radius 1 is 0.875 bits per heavy atom. The molecule has 4 aromatic carbocycles. The van der Waals surface area contributed by atoms with Gasteiger partial charge in [0, 0.05) is 16.3 Å². The van der Waals surface area contributed by atoms with E-state index >= 15 is 0 Å². The second kappa shape index (κ2) is 8.33. The standard InChI is InChI=1S/C27H20ClN3O/c1-18-7-4-12-22(15-18)31-26(24-14-5-9-19-8-2-3-13-23(19)24)17-25(30-31)27(32)29-21-11-6-10-20(28)16-21/h2-17H,1H3,(H,29,32). The van der Waals surface area contributed by atoms with E-state index in [9.17, 15) is 4.79 Å². The van der Waals surface area contributed by atoms with Crippen molar-refractivity contribution >= 4 is 34.0 Å². The average molecular weight is 438 g/mol. The highest BCUT2D eigenvalue weighted by molar-refractivity contribution is 6.31. The number of halogens is 1. The van der Waals surface area contributed by atoms with Gasteiger partial charge in [0.1, 0.15) is 0 Å². The minimum Gasteiger partial charge on any atom is -0.321 e. The predicted molar refractivity (Wildman–Crippen MR) is 131 cm³/mol. The average Bonchev–Trinajstić information content (AvgIpc) is 3.24. The van der Waals surface area contributed by atoms with Gasteiger partial charge in [0.2, 0.25) is 0 Å². The van der Waals surface area contributed by atoms with E-state index in [1.165, 1.54) is 0 Å². The molecule has 5 aromatic rings. The lowest BCUT2D eigenvalue weighted by Crippen LogP contribution is -2.13. The van der Waals surface area contributed by atoms with Crippen molar-refractivity contribution < 1.29 is 4.79 Å². The van der Waals surface area contributed by atoms with Crippen LogP contribution in [-0.2, 0) is 0 Å². The predicted octanol–water partition coefficient (Wildman–Crippen LogP) is 6.91. The summed E-state index contributed by atoms with van der Waals surface area (Å²) in [5.41, 5.74) is 4.83. The highest BCUT2D eigenvalue weighted by Gasteiger charge is 2.18. The van der Waals surface area contributed by atoms with Gasteiger partial charge in [-0.05, 0) is 59.7 Å². The number of fused-ring (bicyclic) bond motifs is 1. The smallest absolute Gasteiger partial charge is 0.276 e. The summed E-state index contributed by atoms with van der Waals surface area (Å²) in [6, 6.07) is 31.4. The van der Waals surface area contributed by atoms with E-state index in [4.69, 9.17) is 16.7 Å². The van der Waals surface area contributed by atoms with E-state index in [1.807, 2.05) is 54.1 Å². The van der Waals surface area contributed by atoms with Crippen LogP contribution in [-0.4, -0.2) is 15.7 Å². The van der Waals surface area contributed by atoms with Crippen LogP contribution in [0.4, 0.5) is 5.69 Å². The first-order chi connectivity index (χ1) is 15.6. The van der Waals surface area contributed by atoms with Crippen molar-refractivity contribution in [3.8, 4) is 16.9 Å². The number of hydrogen-bond donors (Lipinski definition) is 1. The molecular formula is C27H20ClN3O. The Morgan fingerprint density at radius 3 is 2.50 bits per heavy atom. The molecule has 0 unspecified atom stereocenters. The number of nitrogens with zero attached hydrogens (tertiary/aromatic N) is 2. The lowest BCUT2D eigenvalue weighted by atomic mass is 10.0. The molecule has 156 valence electrons. The molecule has 0 aliphatic heterocycles. The number of aryl methyl sites for hydroxylation is 1. The zero-order chi connectivity index (χ0) is 22.1. The molecular weight excluding hydrogens is 418 g/mol. The monoisotopic (exact) mass is 437 g/mol. The van der Waals surface area contributed by atoms with Gasteiger partial charge in [-0.25, -0.2) is 4.68 Å². The Morgan fingerprint density at radius 2 is 1.66 bits per heavy atom. The van der Waals surface area contributed by atoms with Crippen LogP contribution < -0.4 is 5.32 Å². The Balaban J connectivity index is 1.65. The maximum atomic E-state index is 13.1. The Labute approximate surface area is 191 Å². The van der Waals surface area contributed by atoms with Crippen LogP contribution >= 0.6 is 11.6 Å². The van der Waals surface area contributed by atoms with Gasteiger partial charge < -0.3 is 5.32 Å². The summed E-state index contributed by atoms with van der Waals surface area (Å²) in [6.07, 6.45) is 0. The second-order valence-corrected chi connectivity index (χ2v) is 8.09. The van der Waals surface area contributed by atoms with E-state index in [-0.39, 0.29) is 5.91 Å². The molecule has 1 aromatic heterocycles. The fraction of sp³-hybridized carbons (Fsp3) is 0.0370. The summed E-state index contributed by atoms with van der Waals surface area (Å²) >= 11 is 6.06. The van der Waals surface area contributed by atoms with Gasteiger partial charge in [0.05, 0.1) is 11.4 Å². The Bertz CT molecular complexity index is 1450. The van der Waals surface area contributed by atoms with E-state index in [1.54, 1.807) is 24.3 Å². The number of hydrogen-bond acceptors (Lipinski definition) is 2. The Hall–Kier alpha value is -3.89. The van der Waals surface area contributed by atoms with Gasteiger partial charge in [0.25, 0.3) is 5.91 Å². The zero-order valence-corrected chi connectivity index (χ0v) is 18.2. The van der Waals surface area contributed by atoms with Crippen LogP contribution in [0.25, 0.3) is 27.7 Å². The van der Waals surface area contributed by atoms with Crippen molar-refractivity contribution in [3.63, 3.8) is 0 Å². The van der Waals surface area contributed by atoms with E-state index in [0.717, 1.165) is 33.3 Å².